The molecule has 8 aromatic rings. The Morgan fingerprint density at radius 2 is 0.611 bits per heavy atom. The smallest absolute Gasteiger partial charge is 0.857 e. The van der Waals surface area contributed by atoms with Gasteiger partial charge < -0.3 is 68.5 Å². The summed E-state index contributed by atoms with van der Waals surface area (Å²) in [4.78, 5) is 36.2. The number of sulfonamides is 4. The number of aliphatic hydroxyl groups excluding tert-OH is 5. The molecule has 0 bridgehead atoms. The number of Topliss-reactive ketones (excluding diaryl/α,β-unsaturated/α-hetero) is 2. The van der Waals surface area contributed by atoms with Crippen molar-refractivity contribution < 1.29 is 146 Å². The van der Waals surface area contributed by atoms with E-state index in [-0.39, 0.29) is 103 Å². The second-order valence-electron chi connectivity index (χ2n) is 38.4. The first-order chi connectivity index (χ1) is 68.3. The number of rotatable bonds is 28. The first-order valence-corrected chi connectivity index (χ1v) is 56.2. The topological polar surface area (TPSA) is 399 Å². The van der Waals surface area contributed by atoms with Crippen LogP contribution in [-0.2, 0) is 116 Å². The van der Waals surface area contributed by atoms with Crippen LogP contribution in [0.1, 0.15) is 256 Å². The van der Waals surface area contributed by atoms with E-state index in [2.05, 4.69) is 0 Å². The quantitative estimate of drug-likeness (QED) is 0.0225. The second-order valence-corrected chi connectivity index (χ2v) is 46.0. The summed E-state index contributed by atoms with van der Waals surface area (Å²) >= 11 is 5.11. The number of nitrogens with zero attached hydrogens (tertiary/aromatic N) is 4. The molecular weight excluding hydrogens is 1950 g/mol. The molecule has 786 valence electrons. The van der Waals surface area contributed by atoms with E-state index < -0.39 is 70.4 Å². The molecule has 0 spiro atoms. The Kier molecular flexibility index (Phi) is 45.9. The van der Waals surface area contributed by atoms with Crippen LogP contribution in [0.3, 0.4) is 0 Å². The Morgan fingerprint density at radius 3 is 0.854 bits per heavy atom. The van der Waals surface area contributed by atoms with Gasteiger partial charge in [0.15, 0.2) is 11.6 Å². The zero-order valence-corrected chi connectivity index (χ0v) is 92.5. The summed E-state index contributed by atoms with van der Waals surface area (Å²) in [5.74, 6) is 4.10. The van der Waals surface area contributed by atoms with E-state index in [0.29, 0.717) is 143 Å². The van der Waals surface area contributed by atoms with Gasteiger partial charge in [-0.1, -0.05) is 98.7 Å². The summed E-state index contributed by atoms with van der Waals surface area (Å²) in [6.45, 7) is 32.2. The fraction of sp³-hybridized carbons (Fsp3) is 0.532. The third kappa shape index (κ3) is 29.7. The maximum atomic E-state index is 13.8. The molecule has 0 radical (unpaired) electrons. The Morgan fingerprint density at radius 1 is 0.375 bits per heavy atom. The summed E-state index contributed by atoms with van der Waals surface area (Å²) in [6.07, 6.45) is 11.8. The van der Waals surface area contributed by atoms with E-state index >= 15 is 0 Å². The van der Waals surface area contributed by atoms with Gasteiger partial charge in [0.25, 0.3) is 40.1 Å². The minimum Gasteiger partial charge on any atom is -0.857 e. The molecule has 0 aliphatic carbocycles. The molecule has 29 nitrogen and oxygen atoms in total. The van der Waals surface area contributed by atoms with Crippen LogP contribution in [0, 0.1) is 29.1 Å². The zero-order valence-electron chi connectivity index (χ0n) is 86.5. The number of hydrogen-bond donors (Lipinski definition) is 5. The molecule has 35 heteroatoms. The van der Waals surface area contributed by atoms with Crippen LogP contribution in [0.25, 0.3) is 0 Å². The van der Waals surface area contributed by atoms with Crippen molar-refractivity contribution in [3.05, 3.63) is 212 Å². The van der Waals surface area contributed by atoms with Crippen LogP contribution < -0.4 is 70.8 Å². The normalized spacial score (nSPS) is 19.5. The summed E-state index contributed by atoms with van der Waals surface area (Å²) in [7, 11) is -13.8. The van der Waals surface area contributed by atoms with Gasteiger partial charge in [-0.15, -0.1) is 0 Å². The molecule has 4 saturated heterocycles. The number of anilines is 4. The molecule has 8 aliphatic heterocycles. The van der Waals surface area contributed by atoms with E-state index in [4.69, 9.17) is 59.7 Å². The summed E-state index contributed by atoms with van der Waals surface area (Å²) in [6, 6.07) is 40.0. The van der Waals surface area contributed by atoms with Crippen LogP contribution in [-0.4, -0.2) is 194 Å². The van der Waals surface area contributed by atoms with Gasteiger partial charge in [0, 0.05) is 136 Å². The first-order valence-electron chi connectivity index (χ1n) is 50.1. The Hall–Kier alpha value is -8.14. The molecule has 6 atom stereocenters. The zero-order chi connectivity index (χ0) is 104. The van der Waals surface area contributed by atoms with Crippen LogP contribution in [0.2, 0.25) is 0 Å². The van der Waals surface area contributed by atoms with Crippen molar-refractivity contribution in [2.24, 2.45) is 29.1 Å². The molecule has 0 saturated carbocycles. The SMILES string of the molecule is CC(C)(C)C(=O)Cl.CCc1ccc2c(c1)C(=O)CC(C)N2S(=O)(=O)c1ccc(OCC2CCOCC2)c(CC)c1.CCc1ccc2c(c1)C(=O)CC(C)N2S(=O)(=O)c1ccc(OCC2CCOCC2)c(CO)c1.CCc1ccc2c(c1)C(O)CC(C)N2S(=O)(=O)c1ccc(OCC2CCOCC2)c(CC)c1.CCc1ccc2c(c1)C(O)CC(C)N2S(=O)(=O)c1ccc(OCC2CCOCC2)c(CO)c1.CO.C[O-].[Na+]. The van der Waals surface area contributed by atoms with Gasteiger partial charge in [-0.2, -0.15) is 7.11 Å². The van der Waals surface area contributed by atoms with E-state index in [9.17, 15) is 68.5 Å². The standard InChI is InChI=1S/C26H35NO5S.C26H33NO5S.C25H33NO6S.C25H31NO6S.C5H9ClO.CH4O.CH3O.Na/c2*1-4-19-6-8-24-23(15-19)25(28)14-18(3)27(24)33(29,30)22-7-9-26(21(5-2)16-22)32-17-20-10-12-31-13-11-20;2*1-3-18-4-6-23-22(13-18)24(28)12-17(2)26(23)33(29,30)21-5-7-25(20(14-21)15-27)32-16-19-8-10-31-11-9-19;1-5(2,3)4(6)7;2*1-2;/h6-9,15-16,18,20,25,28H,4-5,10-14,17H2,1-3H3;6-9,15-16,18,20H,4-5,10-14,17H2,1-3H3;4-7,13-14,17,19,24,27-28H,3,8-12,15-16H2,1-2H3;4-7,13-14,17,19,27H,3,8-12,15-16H2,1-2H3;1-3H3;2H,1H3;1H3;/q;;;;;;-1;+1. The molecule has 0 aromatic heterocycles. The van der Waals surface area contributed by atoms with Gasteiger partial charge >= 0.3 is 29.6 Å². The second kappa shape index (κ2) is 55.4. The number of carbonyl (C=O) groups excluding carboxylic acids is 3. The van der Waals surface area contributed by atoms with Crippen molar-refractivity contribution in [2.45, 2.75) is 275 Å². The molecule has 8 heterocycles. The average molecular weight is 2100 g/mol. The van der Waals surface area contributed by atoms with E-state index in [1.807, 2.05) is 97.0 Å². The van der Waals surface area contributed by atoms with Crippen molar-refractivity contribution >= 4 is 91.3 Å². The fourth-order valence-electron chi connectivity index (χ4n) is 18.6. The molecule has 8 aliphatic rings. The van der Waals surface area contributed by atoms with Crippen LogP contribution in [0.5, 0.6) is 23.0 Å². The van der Waals surface area contributed by atoms with Crippen molar-refractivity contribution in [1.29, 1.82) is 0 Å². The monoisotopic (exact) mass is 2100 g/mol. The van der Waals surface area contributed by atoms with Crippen LogP contribution in [0.4, 0.5) is 22.7 Å². The summed E-state index contributed by atoms with van der Waals surface area (Å²) < 4.78 is 161. The molecular formula is C109H148ClN4NaO25S4. The first kappa shape index (κ1) is 119. The number of aryl methyl sites for hydroxylation is 6. The molecule has 16 rings (SSSR count). The maximum absolute atomic E-state index is 13.8. The number of ketones is 2. The molecule has 8 aromatic carbocycles. The van der Waals surface area contributed by atoms with Gasteiger partial charge in [-0.3, -0.25) is 31.6 Å². The van der Waals surface area contributed by atoms with Gasteiger partial charge in [0.2, 0.25) is 5.24 Å². The molecule has 0 amide bonds. The summed E-state index contributed by atoms with van der Waals surface area (Å²) in [5, 5.41) is 56.0. The number of ether oxygens (including phenoxy) is 8. The molecule has 4 fully saturated rings. The minimum absolute atomic E-state index is 0. The summed E-state index contributed by atoms with van der Waals surface area (Å²) in [5.41, 5.74) is 10.6. The Balaban J connectivity index is 0.000000206. The average Bonchev–Trinajstić information content (AvgIpc) is 0.758. The number of aliphatic hydroxyl groups is 5. The van der Waals surface area contributed by atoms with Crippen molar-refractivity contribution in [2.75, 3.05) is 111 Å². The fourth-order valence-corrected chi connectivity index (χ4v) is 25.6. The van der Waals surface area contributed by atoms with E-state index in [1.54, 1.807) is 114 Å². The van der Waals surface area contributed by atoms with E-state index in [0.717, 1.165) is 189 Å². The van der Waals surface area contributed by atoms with Crippen LogP contribution in [0.15, 0.2) is 165 Å². The van der Waals surface area contributed by atoms with Crippen molar-refractivity contribution in [1.82, 2.24) is 0 Å². The predicted molar refractivity (Wildman–Crippen MR) is 554 cm³/mol. The van der Waals surface area contributed by atoms with Crippen molar-refractivity contribution in [3.8, 4) is 23.0 Å². The van der Waals surface area contributed by atoms with Gasteiger partial charge in [-0.05, 0) is 308 Å². The molecule has 144 heavy (non-hydrogen) atoms. The Bertz CT molecular complexity index is 5710. The van der Waals surface area contributed by atoms with Gasteiger partial charge in [-0.25, -0.2) is 33.7 Å². The largest absolute Gasteiger partial charge is 1.00 e. The number of carbonyl (C=O) groups is 3. The third-order valence-electron chi connectivity index (χ3n) is 27.2. The number of hydrogen-bond acceptors (Lipinski definition) is 25. The van der Waals surface area contributed by atoms with Crippen LogP contribution >= 0.6 is 11.6 Å². The minimum atomic E-state index is -3.95. The molecule has 6 unspecified atom stereocenters. The van der Waals surface area contributed by atoms with Gasteiger partial charge in [0.05, 0.1) is 94.2 Å². The molecule has 5 N–H and O–H groups in total. The number of benzene rings is 8. The number of halogens is 1. The third-order valence-corrected chi connectivity index (χ3v) is 35.5. The Labute approximate surface area is 880 Å². The van der Waals surface area contributed by atoms with Gasteiger partial charge in [0.1, 0.15) is 23.0 Å². The number of fused-ring (bicyclic) bond motifs is 4. The van der Waals surface area contributed by atoms with Crippen molar-refractivity contribution in [3.63, 3.8) is 0 Å². The predicted octanol–water partition coefficient (Wildman–Crippen LogP) is 14.1. The van der Waals surface area contributed by atoms with E-state index in [1.165, 1.54) is 41.5 Å². The maximum Gasteiger partial charge on any atom is 1.00 e.